The van der Waals surface area contributed by atoms with Crippen LogP contribution in [0.3, 0.4) is 0 Å². The zero-order valence-corrected chi connectivity index (χ0v) is 10.6. The van der Waals surface area contributed by atoms with Crippen LogP contribution in [0.1, 0.15) is 28.4 Å². The third-order valence-corrected chi connectivity index (χ3v) is 3.63. The monoisotopic (exact) mass is 270 g/mol. The van der Waals surface area contributed by atoms with Crippen LogP contribution in [0.25, 0.3) is 0 Å². The second-order valence-corrected chi connectivity index (χ2v) is 4.96. The fraction of sp³-hybridized carbons (Fsp3) is 0.462. The predicted molar refractivity (Wildman–Crippen MR) is 65.8 cm³/mol. The minimum absolute atomic E-state index is 0.123. The van der Waals surface area contributed by atoms with Gasteiger partial charge in [-0.05, 0) is 43.6 Å². The SMILES string of the molecule is CN1CC(CN)CC1c1cc(F)c(F)c(C(=O)O)c1. The van der Waals surface area contributed by atoms with E-state index in [-0.39, 0.29) is 12.0 Å². The van der Waals surface area contributed by atoms with Gasteiger partial charge in [0.05, 0.1) is 5.56 Å². The quantitative estimate of drug-likeness (QED) is 0.875. The number of carboxylic acid groups (broad SMARTS) is 1. The number of carbonyl (C=O) groups is 1. The highest BCUT2D eigenvalue weighted by Crippen LogP contribution is 2.34. The van der Waals surface area contributed by atoms with Gasteiger partial charge in [-0.25, -0.2) is 13.6 Å². The van der Waals surface area contributed by atoms with E-state index in [1.165, 1.54) is 6.07 Å². The largest absolute Gasteiger partial charge is 0.478 e. The van der Waals surface area contributed by atoms with Crippen LogP contribution in [0, 0.1) is 17.6 Å². The number of likely N-dealkylation sites (tertiary alicyclic amines) is 1. The molecule has 1 aromatic carbocycles. The molecule has 2 atom stereocenters. The van der Waals surface area contributed by atoms with Crippen molar-refractivity contribution in [3.8, 4) is 0 Å². The molecule has 4 nitrogen and oxygen atoms in total. The number of hydrogen-bond donors (Lipinski definition) is 2. The summed E-state index contributed by atoms with van der Waals surface area (Å²) in [7, 11) is 1.86. The van der Waals surface area contributed by atoms with Gasteiger partial charge in [-0.1, -0.05) is 0 Å². The Balaban J connectivity index is 2.38. The predicted octanol–water partition coefficient (Wildman–Crippen LogP) is 1.61. The van der Waals surface area contributed by atoms with Gasteiger partial charge in [-0.2, -0.15) is 0 Å². The van der Waals surface area contributed by atoms with Gasteiger partial charge in [0.1, 0.15) is 0 Å². The lowest BCUT2D eigenvalue weighted by Crippen LogP contribution is -2.21. The van der Waals surface area contributed by atoms with Crippen LogP contribution in [0.5, 0.6) is 0 Å². The molecular weight excluding hydrogens is 254 g/mol. The first-order valence-corrected chi connectivity index (χ1v) is 6.06. The molecule has 6 heteroatoms. The topological polar surface area (TPSA) is 66.6 Å². The minimum Gasteiger partial charge on any atom is -0.478 e. The molecule has 2 unspecified atom stereocenters. The maximum atomic E-state index is 13.5. The third kappa shape index (κ3) is 2.59. The number of nitrogens with two attached hydrogens (primary N) is 1. The molecule has 1 aliphatic heterocycles. The van der Waals surface area contributed by atoms with Crippen LogP contribution >= 0.6 is 0 Å². The van der Waals surface area contributed by atoms with E-state index < -0.39 is 23.2 Å². The number of benzene rings is 1. The van der Waals surface area contributed by atoms with Gasteiger partial charge >= 0.3 is 5.97 Å². The molecule has 19 heavy (non-hydrogen) atoms. The summed E-state index contributed by atoms with van der Waals surface area (Å²) < 4.78 is 26.8. The highest BCUT2D eigenvalue weighted by atomic mass is 19.2. The van der Waals surface area contributed by atoms with Crippen LogP contribution in [0.2, 0.25) is 0 Å². The standard InChI is InChI=1S/C13H16F2N2O2/c1-17-6-7(5-16)2-11(17)8-3-9(13(18)19)12(15)10(14)4-8/h3-4,7,11H,2,5-6,16H2,1H3,(H,18,19). The van der Waals surface area contributed by atoms with E-state index in [1.807, 2.05) is 11.9 Å². The molecule has 2 rings (SSSR count). The zero-order chi connectivity index (χ0) is 14.2. The molecule has 0 aromatic heterocycles. The Bertz CT molecular complexity index is 508. The molecule has 0 aliphatic carbocycles. The molecule has 0 spiro atoms. The summed E-state index contributed by atoms with van der Waals surface area (Å²) in [5.74, 6) is -3.61. The van der Waals surface area contributed by atoms with Crippen LogP contribution in [-0.2, 0) is 0 Å². The summed E-state index contributed by atoms with van der Waals surface area (Å²) in [6.45, 7) is 1.29. The van der Waals surface area contributed by atoms with Crippen LogP contribution in [0.15, 0.2) is 12.1 Å². The number of nitrogens with zero attached hydrogens (tertiary/aromatic N) is 1. The molecule has 0 bridgehead atoms. The fourth-order valence-electron chi connectivity index (χ4n) is 2.62. The van der Waals surface area contributed by atoms with Crippen LogP contribution < -0.4 is 5.73 Å². The molecule has 1 aliphatic rings. The molecule has 0 radical (unpaired) electrons. The number of carboxylic acids is 1. The van der Waals surface area contributed by atoms with E-state index >= 15 is 0 Å². The zero-order valence-electron chi connectivity index (χ0n) is 10.6. The summed E-state index contributed by atoms with van der Waals surface area (Å²) in [6, 6.07) is 2.16. The highest BCUT2D eigenvalue weighted by molar-refractivity contribution is 5.88. The summed E-state index contributed by atoms with van der Waals surface area (Å²) >= 11 is 0. The maximum Gasteiger partial charge on any atom is 0.338 e. The molecule has 1 heterocycles. The van der Waals surface area contributed by atoms with E-state index in [0.29, 0.717) is 12.1 Å². The van der Waals surface area contributed by atoms with Crippen molar-refractivity contribution in [1.29, 1.82) is 0 Å². The lowest BCUT2D eigenvalue weighted by atomic mass is 9.98. The van der Waals surface area contributed by atoms with E-state index in [2.05, 4.69) is 0 Å². The smallest absolute Gasteiger partial charge is 0.338 e. The van der Waals surface area contributed by atoms with Gasteiger partial charge in [0.2, 0.25) is 0 Å². The second-order valence-electron chi connectivity index (χ2n) is 4.96. The summed E-state index contributed by atoms with van der Waals surface area (Å²) in [6.07, 6.45) is 0.719. The van der Waals surface area contributed by atoms with Crippen molar-refractivity contribution in [2.24, 2.45) is 11.7 Å². The Morgan fingerprint density at radius 3 is 2.74 bits per heavy atom. The number of aromatic carboxylic acids is 1. The van der Waals surface area contributed by atoms with Gasteiger partial charge < -0.3 is 10.8 Å². The van der Waals surface area contributed by atoms with E-state index in [0.717, 1.165) is 19.0 Å². The van der Waals surface area contributed by atoms with Crippen LogP contribution in [-0.4, -0.2) is 36.1 Å². The molecule has 1 fully saturated rings. The van der Waals surface area contributed by atoms with Gasteiger partial charge in [-0.3, -0.25) is 4.90 Å². The number of halogens is 2. The van der Waals surface area contributed by atoms with Gasteiger partial charge in [0, 0.05) is 12.6 Å². The lowest BCUT2D eigenvalue weighted by Gasteiger charge is -2.20. The fourth-order valence-corrected chi connectivity index (χ4v) is 2.62. The molecule has 0 amide bonds. The first-order valence-electron chi connectivity index (χ1n) is 6.06. The van der Waals surface area contributed by atoms with Crippen molar-refractivity contribution in [3.63, 3.8) is 0 Å². The average molecular weight is 270 g/mol. The molecular formula is C13H16F2N2O2. The summed E-state index contributed by atoms with van der Waals surface area (Å²) in [5.41, 5.74) is 5.47. The number of hydrogen-bond acceptors (Lipinski definition) is 3. The molecule has 1 aromatic rings. The van der Waals surface area contributed by atoms with Crippen molar-refractivity contribution in [3.05, 3.63) is 34.9 Å². The van der Waals surface area contributed by atoms with Gasteiger partial charge in [0.15, 0.2) is 11.6 Å². The Kier molecular flexibility index (Phi) is 3.82. The van der Waals surface area contributed by atoms with Crippen LogP contribution in [0.4, 0.5) is 8.78 Å². The summed E-state index contributed by atoms with van der Waals surface area (Å²) in [5, 5.41) is 8.88. The van der Waals surface area contributed by atoms with E-state index in [9.17, 15) is 13.6 Å². The Morgan fingerprint density at radius 2 is 2.21 bits per heavy atom. The Morgan fingerprint density at radius 1 is 1.53 bits per heavy atom. The Labute approximate surface area is 109 Å². The Hall–Kier alpha value is -1.53. The van der Waals surface area contributed by atoms with E-state index in [1.54, 1.807) is 0 Å². The van der Waals surface area contributed by atoms with Gasteiger partial charge in [0.25, 0.3) is 0 Å². The van der Waals surface area contributed by atoms with Crippen molar-refractivity contribution in [1.82, 2.24) is 4.90 Å². The molecule has 3 N–H and O–H groups in total. The molecule has 104 valence electrons. The first-order chi connectivity index (χ1) is 8.93. The van der Waals surface area contributed by atoms with Crippen molar-refractivity contribution >= 4 is 5.97 Å². The van der Waals surface area contributed by atoms with Crippen molar-refractivity contribution < 1.29 is 18.7 Å². The third-order valence-electron chi connectivity index (χ3n) is 3.63. The van der Waals surface area contributed by atoms with E-state index in [4.69, 9.17) is 10.8 Å². The molecule has 1 saturated heterocycles. The minimum atomic E-state index is -1.46. The molecule has 0 saturated carbocycles. The van der Waals surface area contributed by atoms with Crippen molar-refractivity contribution in [2.45, 2.75) is 12.5 Å². The maximum absolute atomic E-state index is 13.5. The normalized spacial score (nSPS) is 23.8. The average Bonchev–Trinajstić information content (AvgIpc) is 2.73. The number of rotatable bonds is 3. The lowest BCUT2D eigenvalue weighted by molar-refractivity contribution is 0.0690. The second kappa shape index (κ2) is 5.22. The van der Waals surface area contributed by atoms with Crippen molar-refractivity contribution in [2.75, 3.05) is 20.1 Å². The van der Waals surface area contributed by atoms with Gasteiger partial charge in [-0.15, -0.1) is 0 Å². The first kappa shape index (κ1) is 13.9. The highest BCUT2D eigenvalue weighted by Gasteiger charge is 2.31. The summed E-state index contributed by atoms with van der Waals surface area (Å²) in [4.78, 5) is 12.9.